The van der Waals surface area contributed by atoms with E-state index >= 15 is 0 Å². The molecule has 2 aromatic carbocycles. The molecule has 0 aliphatic heterocycles. The molecule has 2 rings (SSSR count). The summed E-state index contributed by atoms with van der Waals surface area (Å²) in [6.07, 6.45) is 0.502. The molecule has 0 heterocycles. The monoisotopic (exact) mass is 343 g/mol. The van der Waals surface area contributed by atoms with Gasteiger partial charge < -0.3 is 14.2 Å². The topological polar surface area (TPSA) is 56.8 Å². The van der Waals surface area contributed by atoms with Crippen LogP contribution < -0.4 is 14.8 Å². The lowest BCUT2D eigenvalue weighted by Gasteiger charge is -2.15. The minimum Gasteiger partial charge on any atom is -0.497 e. The van der Waals surface area contributed by atoms with Crippen molar-refractivity contribution in [1.29, 1.82) is 0 Å². The lowest BCUT2D eigenvalue weighted by atomic mass is 10.1. The molecule has 0 aromatic heterocycles. The Kier molecular flexibility index (Phi) is 6.69. The zero-order chi connectivity index (χ0) is 18.2. The minimum absolute atomic E-state index is 0.311. The Hall–Kier alpha value is -2.69. The average Bonchev–Trinajstić information content (AvgIpc) is 2.61. The number of benzene rings is 2. The van der Waals surface area contributed by atoms with Crippen LogP contribution in [0.25, 0.3) is 0 Å². The third-order valence-corrected chi connectivity index (χ3v) is 3.86. The van der Waals surface area contributed by atoms with E-state index in [2.05, 4.69) is 24.4 Å². The van der Waals surface area contributed by atoms with Crippen molar-refractivity contribution in [2.24, 2.45) is 0 Å². The van der Waals surface area contributed by atoms with Crippen molar-refractivity contribution in [1.82, 2.24) is 0 Å². The van der Waals surface area contributed by atoms with Crippen molar-refractivity contribution in [2.45, 2.75) is 33.8 Å². The highest BCUT2D eigenvalue weighted by molar-refractivity contribution is 5.85. The fraction of sp³-hybridized carbons (Fsp3) is 0.350. The molecular weight excluding hydrogens is 318 g/mol. The number of hydrogen-bond acceptors (Lipinski definition) is 4. The molecule has 0 aliphatic carbocycles. The van der Waals surface area contributed by atoms with Crippen molar-refractivity contribution in [3.63, 3.8) is 0 Å². The number of rotatable bonds is 7. The molecule has 0 aliphatic rings. The molecule has 0 radical (unpaired) electrons. The van der Waals surface area contributed by atoms with Crippen molar-refractivity contribution in [3.8, 4) is 11.5 Å². The van der Waals surface area contributed by atoms with E-state index in [9.17, 15) is 4.79 Å². The molecule has 0 unspecified atom stereocenters. The maximum atomic E-state index is 11.7. The third kappa shape index (κ3) is 5.14. The Morgan fingerprint density at radius 1 is 1.12 bits per heavy atom. The van der Waals surface area contributed by atoms with Crippen LogP contribution in [-0.2, 0) is 17.8 Å². The quantitative estimate of drug-likeness (QED) is 0.791. The second-order valence-electron chi connectivity index (χ2n) is 5.61. The Balaban J connectivity index is 2.17. The zero-order valence-electron chi connectivity index (χ0n) is 15.2. The molecule has 25 heavy (non-hydrogen) atoms. The van der Waals surface area contributed by atoms with Gasteiger partial charge in [-0.2, -0.15) is 0 Å². The summed E-state index contributed by atoms with van der Waals surface area (Å²) in [5.74, 6) is 1.52. The zero-order valence-corrected chi connectivity index (χ0v) is 15.2. The van der Waals surface area contributed by atoms with Gasteiger partial charge in [-0.1, -0.05) is 19.1 Å². The fourth-order valence-electron chi connectivity index (χ4n) is 2.46. The van der Waals surface area contributed by atoms with Crippen LogP contribution in [0, 0.1) is 6.92 Å². The van der Waals surface area contributed by atoms with E-state index in [-0.39, 0.29) is 0 Å². The van der Waals surface area contributed by atoms with Crippen LogP contribution in [-0.4, -0.2) is 19.8 Å². The van der Waals surface area contributed by atoms with E-state index in [1.807, 2.05) is 19.1 Å². The molecular formula is C20H25NO4. The summed E-state index contributed by atoms with van der Waals surface area (Å²) >= 11 is 0. The first-order valence-corrected chi connectivity index (χ1v) is 8.40. The summed E-state index contributed by atoms with van der Waals surface area (Å²) in [7, 11) is 1.60. The Morgan fingerprint density at radius 2 is 1.92 bits per heavy atom. The highest BCUT2D eigenvalue weighted by atomic mass is 16.5. The molecule has 2 aromatic rings. The van der Waals surface area contributed by atoms with Gasteiger partial charge in [0.05, 0.1) is 19.4 Å². The summed E-state index contributed by atoms with van der Waals surface area (Å²) in [6, 6.07) is 11.6. The number of nitrogens with one attached hydrogen (secondary N) is 1. The number of anilines is 1. The molecule has 0 atom stereocenters. The highest BCUT2D eigenvalue weighted by Gasteiger charge is 2.10. The average molecular weight is 343 g/mol. The predicted molar refractivity (Wildman–Crippen MR) is 98.5 cm³/mol. The second kappa shape index (κ2) is 8.97. The first-order chi connectivity index (χ1) is 12.1. The van der Waals surface area contributed by atoms with Gasteiger partial charge in [-0.15, -0.1) is 0 Å². The molecule has 0 saturated heterocycles. The smallest absolute Gasteiger partial charge is 0.411 e. The number of aryl methyl sites for hydroxylation is 2. The summed E-state index contributed by atoms with van der Waals surface area (Å²) in [5.41, 5.74) is 3.81. The number of amides is 1. The number of carbonyl (C=O) groups excluding carboxylic acids is 1. The van der Waals surface area contributed by atoms with Gasteiger partial charge in [0.2, 0.25) is 0 Å². The van der Waals surface area contributed by atoms with Crippen LogP contribution in [0.5, 0.6) is 11.5 Å². The fourth-order valence-corrected chi connectivity index (χ4v) is 2.46. The van der Waals surface area contributed by atoms with Gasteiger partial charge in [0.15, 0.2) is 0 Å². The van der Waals surface area contributed by atoms with E-state index in [0.29, 0.717) is 24.7 Å². The lowest BCUT2D eigenvalue weighted by molar-refractivity contribution is 0.168. The Morgan fingerprint density at radius 3 is 2.56 bits per heavy atom. The number of ether oxygens (including phenoxy) is 3. The SMILES string of the molecule is CCOC(=O)Nc1ccc(OC)cc1COc1ccc(CC)cc1C. The number of hydrogen-bond donors (Lipinski definition) is 1. The lowest BCUT2D eigenvalue weighted by Crippen LogP contribution is -2.15. The van der Waals surface area contributed by atoms with Crippen LogP contribution in [0.2, 0.25) is 0 Å². The standard InChI is InChI=1S/C20H25NO4/c1-5-15-7-10-19(14(3)11-15)25-13-16-12-17(23-4)8-9-18(16)21-20(22)24-6-2/h7-12H,5-6,13H2,1-4H3,(H,21,22). The highest BCUT2D eigenvalue weighted by Crippen LogP contribution is 2.26. The van der Waals surface area contributed by atoms with Crippen LogP contribution in [0.15, 0.2) is 36.4 Å². The molecule has 1 N–H and O–H groups in total. The minimum atomic E-state index is -0.489. The molecule has 5 heteroatoms. The molecule has 5 nitrogen and oxygen atoms in total. The maximum absolute atomic E-state index is 11.7. The van der Waals surface area contributed by atoms with Crippen LogP contribution in [0.3, 0.4) is 0 Å². The van der Waals surface area contributed by atoms with Gasteiger partial charge in [0.25, 0.3) is 0 Å². The third-order valence-electron chi connectivity index (χ3n) is 3.86. The van der Waals surface area contributed by atoms with Crippen LogP contribution in [0.1, 0.15) is 30.5 Å². The summed E-state index contributed by atoms with van der Waals surface area (Å²) in [4.78, 5) is 11.7. The molecule has 134 valence electrons. The first-order valence-electron chi connectivity index (χ1n) is 8.40. The molecule has 0 saturated carbocycles. The Bertz CT molecular complexity index is 728. The molecule has 1 amide bonds. The summed E-state index contributed by atoms with van der Waals surface area (Å²) in [6.45, 7) is 6.54. The largest absolute Gasteiger partial charge is 0.497 e. The van der Waals surface area contributed by atoms with Crippen molar-refractivity contribution in [2.75, 3.05) is 19.0 Å². The van der Waals surface area contributed by atoms with E-state index in [0.717, 1.165) is 23.3 Å². The predicted octanol–water partition coefficient (Wildman–Crippen LogP) is 4.71. The van der Waals surface area contributed by atoms with Gasteiger partial charge in [0.1, 0.15) is 18.1 Å². The van der Waals surface area contributed by atoms with Crippen molar-refractivity contribution in [3.05, 3.63) is 53.1 Å². The van der Waals surface area contributed by atoms with Gasteiger partial charge in [-0.05, 0) is 55.7 Å². The second-order valence-corrected chi connectivity index (χ2v) is 5.61. The van der Waals surface area contributed by atoms with E-state index in [1.54, 1.807) is 26.2 Å². The van der Waals surface area contributed by atoms with Crippen molar-refractivity contribution < 1.29 is 19.0 Å². The molecule has 0 bridgehead atoms. The van der Waals surface area contributed by atoms with E-state index in [1.165, 1.54) is 5.56 Å². The van der Waals surface area contributed by atoms with Crippen LogP contribution >= 0.6 is 0 Å². The van der Waals surface area contributed by atoms with Crippen molar-refractivity contribution >= 4 is 11.8 Å². The normalized spacial score (nSPS) is 10.2. The first kappa shape index (κ1) is 18.6. The van der Waals surface area contributed by atoms with Gasteiger partial charge in [-0.3, -0.25) is 5.32 Å². The van der Waals surface area contributed by atoms with Gasteiger partial charge >= 0.3 is 6.09 Å². The van der Waals surface area contributed by atoms with Crippen LogP contribution in [0.4, 0.5) is 10.5 Å². The summed E-state index contributed by atoms with van der Waals surface area (Å²) in [5, 5.41) is 2.74. The molecule has 0 spiro atoms. The number of methoxy groups -OCH3 is 1. The van der Waals surface area contributed by atoms with Gasteiger partial charge in [-0.25, -0.2) is 4.79 Å². The number of carbonyl (C=O) groups is 1. The van der Waals surface area contributed by atoms with Gasteiger partial charge in [0, 0.05) is 5.56 Å². The molecule has 0 fully saturated rings. The summed E-state index contributed by atoms with van der Waals surface area (Å²) < 4.78 is 16.2. The maximum Gasteiger partial charge on any atom is 0.411 e. The Labute approximate surface area is 148 Å². The van der Waals surface area contributed by atoms with E-state index < -0.39 is 6.09 Å². The van der Waals surface area contributed by atoms with E-state index in [4.69, 9.17) is 14.2 Å².